The van der Waals surface area contributed by atoms with Crippen LogP contribution in [0, 0.1) is 27.7 Å². The van der Waals surface area contributed by atoms with Crippen LogP contribution in [0.15, 0.2) is 322 Å². The van der Waals surface area contributed by atoms with Crippen molar-refractivity contribution in [1.82, 2.24) is 93.5 Å². The number of carbonyl (C=O) groups is 2. The second kappa shape index (κ2) is 40.9. The van der Waals surface area contributed by atoms with Gasteiger partial charge in [-0.05, 0) is 151 Å². The summed E-state index contributed by atoms with van der Waals surface area (Å²) in [7, 11) is -3.41. The third-order valence-corrected chi connectivity index (χ3v) is 21.9. The van der Waals surface area contributed by atoms with Crippen LogP contribution in [0.2, 0.25) is 0 Å². The van der Waals surface area contributed by atoms with Crippen LogP contribution in [0.1, 0.15) is 63.9 Å². The zero-order chi connectivity index (χ0) is 92.4. The van der Waals surface area contributed by atoms with Gasteiger partial charge in [0.2, 0.25) is 10.0 Å². The highest BCUT2D eigenvalue weighted by atomic mass is 32.2. The standard InChI is InChI=1S/C28H25N7O3.C26H24N6O2S.C25H22N6.C23H20N6O/c1-2-38-25(37)14-23(36)13-19-12-21(16-30-15-19)27-33-28(32-18-22-17-29-9-10-31-22)26-24(8-11-35(26)34-27)20-6-4-3-5-7-20;1-18-14-21(16-27-15-18)25-29-26(28-17-20-10-6-7-11-23(20)31-35(2,33)34)24-22(12-13-32(24)30-25)19-8-4-3-5-9-19;1-17-13-20(15-27-14-17)24-29-25(28-16-19-9-5-6-10-22(19)26)23-21(11-12-31(23)30-24)18-7-3-2-4-8-18;1-15-10-18(13-24-12-15)22-26-23(25-14-19-11-16(2)30-28-19)21-20(8-9-29(21)27-22)17-6-4-3-5-7-17/h3-12,15-17H,2,13-14,18H2,1H3,(H,32,33,34);3-16,31H,17H2,1-2H3,(H,28,29,30);2-15H,16,26H2,1H3,(H,28,29,30);3-13H,14H2,1-2H3,(H,25,26,27). The largest absolute Gasteiger partial charge is 0.466 e. The Kier molecular flexibility index (Phi) is 27.1. The molecule has 6 aromatic carbocycles. The van der Waals surface area contributed by atoms with Crippen LogP contribution in [0.4, 0.5) is 34.6 Å². The van der Waals surface area contributed by atoms with E-state index in [1.165, 1.54) is 0 Å². The number of aromatic nitrogens is 19. The number of hydrogen-bond acceptors (Lipinski definition) is 26. The van der Waals surface area contributed by atoms with Gasteiger partial charge in [-0.1, -0.05) is 163 Å². The molecule has 0 aliphatic rings. The number of para-hydroxylation sites is 2. The first kappa shape index (κ1) is 88.6. The number of nitrogens with zero attached hydrogens (tertiary/aromatic N) is 19. The smallest absolute Gasteiger partial charge is 0.313 e. The number of Topliss-reactive ketones (excluding diaryl/α,β-unsaturated/α-hetero) is 1. The second-order valence-corrected chi connectivity index (χ2v) is 33.2. The van der Waals surface area contributed by atoms with Crippen molar-refractivity contribution < 1.29 is 27.3 Å². The summed E-state index contributed by atoms with van der Waals surface area (Å²) in [6.07, 6.45) is 27.6. The first-order chi connectivity index (χ1) is 65.3. The molecule has 0 fully saturated rings. The molecule has 0 bridgehead atoms. The minimum Gasteiger partial charge on any atom is -0.466 e. The molecule has 31 nitrogen and oxygen atoms in total. The van der Waals surface area contributed by atoms with E-state index < -0.39 is 16.0 Å². The Morgan fingerprint density at radius 2 is 0.784 bits per heavy atom. The highest BCUT2D eigenvalue weighted by molar-refractivity contribution is 7.92. The Bertz CT molecular complexity index is 7670. The van der Waals surface area contributed by atoms with Crippen molar-refractivity contribution in [3.05, 3.63) is 368 Å². The van der Waals surface area contributed by atoms with E-state index in [4.69, 9.17) is 55.3 Å². The van der Waals surface area contributed by atoms with Crippen molar-refractivity contribution in [3.63, 3.8) is 0 Å². The van der Waals surface area contributed by atoms with Gasteiger partial charge in [-0.15, -0.1) is 20.4 Å². The SMILES string of the molecule is CCOC(=O)CC(=O)Cc1cncc(-c2nc(NCc3cnccn3)c3c(-c4ccccc4)ccn3n2)c1.Cc1cncc(-c2nc(NCc3cc(C)on3)c3c(-c4ccccc4)ccn3n2)c1.Cc1cncc(-c2nc(NCc3ccccc3N)c3c(-c4ccccc4)ccn3n2)c1.Cc1cncc(-c2nc(NCc3ccccc3NS(C)(=O)=O)c3c(-c4ccccc4)ccn3n2)c1. The molecule has 134 heavy (non-hydrogen) atoms. The van der Waals surface area contributed by atoms with Crippen molar-refractivity contribution in [3.8, 4) is 90.1 Å². The summed E-state index contributed by atoms with van der Waals surface area (Å²) in [6.45, 7) is 11.6. The van der Waals surface area contributed by atoms with Gasteiger partial charge < -0.3 is 36.3 Å². The summed E-state index contributed by atoms with van der Waals surface area (Å²) >= 11 is 0. The van der Waals surface area contributed by atoms with E-state index in [0.29, 0.717) is 77.9 Å². The normalized spacial score (nSPS) is 11.1. The lowest BCUT2D eigenvalue weighted by atomic mass is 10.1. The summed E-state index contributed by atoms with van der Waals surface area (Å²) in [6, 6.07) is 73.6. The number of carbonyl (C=O) groups excluding carboxylic acids is 2. The maximum atomic E-state index is 12.3. The number of ketones is 1. The van der Waals surface area contributed by atoms with Gasteiger partial charge in [-0.3, -0.25) is 44.2 Å². The molecule has 20 rings (SSSR count). The van der Waals surface area contributed by atoms with Crippen molar-refractivity contribution in [2.45, 2.75) is 73.6 Å². The maximum absolute atomic E-state index is 12.3. The average Bonchev–Trinajstić information content (AvgIpc) is 1.62. The highest BCUT2D eigenvalue weighted by Gasteiger charge is 2.24. The number of nitrogens with one attached hydrogen (secondary N) is 5. The molecule has 0 aliphatic carbocycles. The topological polar surface area (TPSA) is 388 Å². The molecule has 14 heterocycles. The Morgan fingerprint density at radius 1 is 0.403 bits per heavy atom. The predicted octanol–water partition coefficient (Wildman–Crippen LogP) is 18.3. The van der Waals surface area contributed by atoms with E-state index >= 15 is 0 Å². The molecular formula is C102H91N25O6S. The molecule has 0 saturated heterocycles. The monoisotopic (exact) mass is 1790 g/mol. The fraction of sp³-hybridized carbons (Fsp3) is 0.127. The molecule has 0 aliphatic heterocycles. The number of rotatable bonds is 27. The summed E-state index contributed by atoms with van der Waals surface area (Å²) in [5, 5.41) is 36.8. The number of fused-ring (bicyclic) bond motifs is 4. The lowest BCUT2D eigenvalue weighted by Crippen LogP contribution is -2.13. The molecule has 0 atom stereocenters. The van der Waals surface area contributed by atoms with Gasteiger partial charge in [0.1, 0.15) is 45.7 Å². The van der Waals surface area contributed by atoms with E-state index in [1.54, 1.807) is 79.3 Å². The van der Waals surface area contributed by atoms with Crippen LogP contribution in [-0.2, 0) is 56.9 Å². The zero-order valence-electron chi connectivity index (χ0n) is 73.9. The Labute approximate surface area is 770 Å². The van der Waals surface area contributed by atoms with Crippen LogP contribution >= 0.6 is 0 Å². The summed E-state index contributed by atoms with van der Waals surface area (Å²) < 4.78 is 43.7. The molecule has 0 spiro atoms. The Balaban J connectivity index is 0.000000125. The number of nitrogen functional groups attached to an aromatic ring is 1. The van der Waals surface area contributed by atoms with Crippen molar-refractivity contribution in [2.24, 2.45) is 0 Å². The quantitative estimate of drug-likeness (QED) is 0.0158. The lowest BCUT2D eigenvalue weighted by Gasteiger charge is -2.14. The predicted molar refractivity (Wildman–Crippen MR) is 519 cm³/mol. The number of ether oxygens (including phenoxy) is 1. The van der Waals surface area contributed by atoms with Gasteiger partial charge in [-0.25, -0.2) is 46.4 Å². The van der Waals surface area contributed by atoms with Gasteiger partial charge in [-0.2, -0.15) is 0 Å². The minimum atomic E-state index is -3.41. The van der Waals surface area contributed by atoms with Gasteiger partial charge in [0.05, 0.1) is 43.5 Å². The van der Waals surface area contributed by atoms with Crippen LogP contribution in [0.3, 0.4) is 0 Å². The number of sulfonamides is 1. The van der Waals surface area contributed by atoms with Crippen LogP contribution in [-0.4, -0.2) is 126 Å². The summed E-state index contributed by atoms with van der Waals surface area (Å²) in [5.41, 5.74) is 29.7. The zero-order valence-corrected chi connectivity index (χ0v) is 74.7. The first-order valence-corrected chi connectivity index (χ1v) is 44.9. The summed E-state index contributed by atoms with van der Waals surface area (Å²) in [4.78, 5) is 69.1. The number of nitrogens with two attached hydrogens (primary N) is 1. The summed E-state index contributed by atoms with van der Waals surface area (Å²) in [5.74, 6) is 4.91. The molecule has 20 aromatic rings. The van der Waals surface area contributed by atoms with E-state index in [1.807, 2.05) is 254 Å². The molecule has 666 valence electrons. The number of esters is 1. The molecule has 32 heteroatoms. The minimum absolute atomic E-state index is 0.0569. The molecule has 0 amide bonds. The van der Waals surface area contributed by atoms with E-state index in [9.17, 15) is 18.0 Å². The first-order valence-electron chi connectivity index (χ1n) is 43.0. The fourth-order valence-corrected chi connectivity index (χ4v) is 15.8. The molecule has 14 aromatic heterocycles. The van der Waals surface area contributed by atoms with Gasteiger partial charge in [0.25, 0.3) is 0 Å². The highest BCUT2D eigenvalue weighted by Crippen LogP contribution is 2.38. The van der Waals surface area contributed by atoms with E-state index in [-0.39, 0.29) is 25.2 Å². The third kappa shape index (κ3) is 21.6. The molecule has 7 N–H and O–H groups in total. The van der Waals surface area contributed by atoms with Gasteiger partial charge in [0.15, 0.2) is 46.6 Å². The van der Waals surface area contributed by atoms with Crippen molar-refractivity contribution in [2.75, 3.05) is 44.6 Å². The van der Waals surface area contributed by atoms with E-state index in [2.05, 4.69) is 97.4 Å². The van der Waals surface area contributed by atoms with E-state index in [0.717, 1.165) is 152 Å². The number of benzene rings is 6. The van der Waals surface area contributed by atoms with Crippen molar-refractivity contribution >= 4 is 78.5 Å². The van der Waals surface area contributed by atoms with Crippen LogP contribution in [0.25, 0.3) is 112 Å². The molecular weight excluding hydrogens is 1700 g/mol. The molecule has 0 saturated carbocycles. The molecule has 0 unspecified atom stereocenters. The second-order valence-electron chi connectivity index (χ2n) is 31.5. The number of hydrogen-bond donors (Lipinski definition) is 6. The lowest BCUT2D eigenvalue weighted by molar-refractivity contribution is -0.145. The number of anilines is 6. The van der Waals surface area contributed by atoms with Crippen LogP contribution < -0.4 is 31.7 Å². The fourth-order valence-electron chi connectivity index (χ4n) is 15.2. The number of aryl methyl sites for hydroxylation is 4. The number of pyridine rings is 4. The van der Waals surface area contributed by atoms with Gasteiger partial charge >= 0.3 is 5.97 Å². The van der Waals surface area contributed by atoms with Crippen molar-refractivity contribution in [1.29, 1.82) is 0 Å². The Morgan fingerprint density at radius 3 is 1.17 bits per heavy atom. The van der Waals surface area contributed by atoms with Gasteiger partial charge in [0, 0.05) is 163 Å². The third-order valence-electron chi connectivity index (χ3n) is 21.3. The Hall–Kier alpha value is -17.4. The van der Waals surface area contributed by atoms with Crippen LogP contribution in [0.5, 0.6) is 0 Å². The maximum Gasteiger partial charge on any atom is 0.313 e. The molecule has 0 radical (unpaired) electrons. The average molecular weight is 1800 g/mol.